The number of benzene rings is 2. The molecule has 0 bridgehead atoms. The Morgan fingerprint density at radius 1 is 0.900 bits per heavy atom. The third-order valence-electron chi connectivity index (χ3n) is 2.84. The second kappa shape index (κ2) is 5.88. The van der Waals surface area contributed by atoms with E-state index in [0.717, 1.165) is 0 Å². The number of rotatable bonds is 5. The van der Waals surface area contributed by atoms with Crippen molar-refractivity contribution in [1.82, 2.24) is 0 Å². The molecule has 0 saturated heterocycles. The molecule has 0 amide bonds. The molecule has 2 aromatic carbocycles. The Bertz CT molecular complexity index is 625. The van der Waals surface area contributed by atoms with Gasteiger partial charge in [0.25, 0.3) is 0 Å². The second-order valence-electron chi connectivity index (χ2n) is 4.18. The van der Waals surface area contributed by atoms with E-state index >= 15 is 0 Å². The Labute approximate surface area is 115 Å². The average molecular weight is 271 g/mol. The molecule has 0 heterocycles. The van der Waals surface area contributed by atoms with Crippen LogP contribution in [0.2, 0.25) is 0 Å². The Morgan fingerprint density at radius 3 is 2.10 bits per heavy atom. The molecule has 0 aliphatic rings. The van der Waals surface area contributed by atoms with Gasteiger partial charge in [-0.05, 0) is 17.7 Å². The number of nitrogens with one attached hydrogen (secondary N) is 1. The number of carbonyl (C=O) groups is 2. The lowest BCUT2D eigenvalue weighted by atomic mass is 10.1. The van der Waals surface area contributed by atoms with E-state index in [9.17, 15) is 14.7 Å². The van der Waals surface area contributed by atoms with Gasteiger partial charge in [0.1, 0.15) is 0 Å². The van der Waals surface area contributed by atoms with E-state index in [4.69, 9.17) is 5.11 Å². The Morgan fingerprint density at radius 2 is 1.50 bits per heavy atom. The fourth-order valence-electron chi connectivity index (χ4n) is 1.88. The molecule has 0 aliphatic carbocycles. The van der Waals surface area contributed by atoms with Crippen LogP contribution in [0.3, 0.4) is 0 Å². The summed E-state index contributed by atoms with van der Waals surface area (Å²) in [5.74, 6) is -2.18. The molecule has 102 valence electrons. The summed E-state index contributed by atoms with van der Waals surface area (Å²) in [7, 11) is 0. The molecule has 0 fully saturated rings. The van der Waals surface area contributed by atoms with Crippen molar-refractivity contribution in [2.24, 2.45) is 0 Å². The van der Waals surface area contributed by atoms with Gasteiger partial charge in [0.05, 0.1) is 5.56 Å². The summed E-state index contributed by atoms with van der Waals surface area (Å²) in [6, 6.07) is 13.8. The van der Waals surface area contributed by atoms with Crippen molar-refractivity contribution in [3.05, 3.63) is 65.7 Å². The zero-order valence-corrected chi connectivity index (χ0v) is 10.5. The van der Waals surface area contributed by atoms with Crippen molar-refractivity contribution < 1.29 is 19.8 Å². The number of aliphatic carboxylic acids is 1. The van der Waals surface area contributed by atoms with Crippen LogP contribution in [0.5, 0.6) is 0 Å². The molecule has 2 aromatic rings. The van der Waals surface area contributed by atoms with Gasteiger partial charge < -0.3 is 15.5 Å². The van der Waals surface area contributed by atoms with Crippen molar-refractivity contribution in [3.8, 4) is 0 Å². The SMILES string of the molecule is O=C(O)c1ccccc1N[C@H](C(=O)O)c1ccccc1. The van der Waals surface area contributed by atoms with Crippen molar-refractivity contribution in [3.63, 3.8) is 0 Å². The van der Waals surface area contributed by atoms with E-state index < -0.39 is 18.0 Å². The van der Waals surface area contributed by atoms with Crippen molar-refractivity contribution in [1.29, 1.82) is 0 Å². The van der Waals surface area contributed by atoms with Gasteiger partial charge in [-0.25, -0.2) is 9.59 Å². The molecule has 0 radical (unpaired) electrons. The van der Waals surface area contributed by atoms with Crippen LogP contribution in [0.15, 0.2) is 54.6 Å². The molecule has 2 rings (SSSR count). The van der Waals surface area contributed by atoms with Crippen molar-refractivity contribution >= 4 is 17.6 Å². The van der Waals surface area contributed by atoms with Gasteiger partial charge >= 0.3 is 11.9 Å². The molecule has 0 saturated carbocycles. The lowest BCUT2D eigenvalue weighted by molar-refractivity contribution is -0.138. The number of hydrogen-bond donors (Lipinski definition) is 3. The highest BCUT2D eigenvalue weighted by molar-refractivity contribution is 5.95. The monoisotopic (exact) mass is 271 g/mol. The lowest BCUT2D eigenvalue weighted by Gasteiger charge is -2.17. The molecule has 0 aromatic heterocycles. The van der Waals surface area contributed by atoms with E-state index in [1.54, 1.807) is 48.5 Å². The molecular formula is C15H13NO4. The lowest BCUT2D eigenvalue weighted by Crippen LogP contribution is -2.21. The first-order valence-corrected chi connectivity index (χ1v) is 5.96. The Hall–Kier alpha value is -2.82. The van der Waals surface area contributed by atoms with Crippen LogP contribution >= 0.6 is 0 Å². The van der Waals surface area contributed by atoms with Gasteiger partial charge in [-0.1, -0.05) is 42.5 Å². The quantitative estimate of drug-likeness (QED) is 0.778. The zero-order chi connectivity index (χ0) is 14.5. The zero-order valence-electron chi connectivity index (χ0n) is 10.5. The molecule has 5 heteroatoms. The van der Waals surface area contributed by atoms with Crippen LogP contribution < -0.4 is 5.32 Å². The summed E-state index contributed by atoms with van der Waals surface area (Å²) >= 11 is 0. The predicted molar refractivity (Wildman–Crippen MR) is 73.8 cm³/mol. The summed E-state index contributed by atoms with van der Waals surface area (Å²) < 4.78 is 0. The first-order valence-electron chi connectivity index (χ1n) is 5.96. The number of anilines is 1. The fourth-order valence-corrected chi connectivity index (χ4v) is 1.88. The van der Waals surface area contributed by atoms with E-state index in [2.05, 4.69) is 5.32 Å². The molecular weight excluding hydrogens is 258 g/mol. The highest BCUT2D eigenvalue weighted by atomic mass is 16.4. The van der Waals surface area contributed by atoms with Gasteiger partial charge in [0.15, 0.2) is 6.04 Å². The van der Waals surface area contributed by atoms with E-state index in [0.29, 0.717) is 5.56 Å². The summed E-state index contributed by atoms with van der Waals surface area (Å²) in [5, 5.41) is 21.2. The minimum absolute atomic E-state index is 0.0367. The van der Waals surface area contributed by atoms with Crippen molar-refractivity contribution in [2.45, 2.75) is 6.04 Å². The van der Waals surface area contributed by atoms with Gasteiger partial charge in [0, 0.05) is 5.69 Å². The number of carboxylic acids is 2. The van der Waals surface area contributed by atoms with E-state index in [-0.39, 0.29) is 11.3 Å². The van der Waals surface area contributed by atoms with E-state index in [1.165, 1.54) is 6.07 Å². The first-order chi connectivity index (χ1) is 9.59. The third kappa shape index (κ3) is 2.95. The van der Waals surface area contributed by atoms with Gasteiger partial charge in [0.2, 0.25) is 0 Å². The van der Waals surface area contributed by atoms with Crippen LogP contribution in [0.1, 0.15) is 22.0 Å². The van der Waals surface area contributed by atoms with Gasteiger partial charge in [-0.3, -0.25) is 0 Å². The maximum Gasteiger partial charge on any atom is 0.337 e. The normalized spacial score (nSPS) is 11.6. The van der Waals surface area contributed by atoms with E-state index in [1.807, 2.05) is 0 Å². The number of hydrogen-bond acceptors (Lipinski definition) is 3. The molecule has 3 N–H and O–H groups in total. The summed E-state index contributed by atoms with van der Waals surface area (Å²) in [6.07, 6.45) is 0. The average Bonchev–Trinajstić information content (AvgIpc) is 2.45. The number of para-hydroxylation sites is 1. The number of aromatic carboxylic acids is 1. The number of carboxylic acid groups (broad SMARTS) is 2. The minimum atomic E-state index is -1.11. The fraction of sp³-hybridized carbons (Fsp3) is 0.0667. The van der Waals surface area contributed by atoms with Gasteiger partial charge in [-0.15, -0.1) is 0 Å². The highest BCUT2D eigenvalue weighted by Gasteiger charge is 2.21. The van der Waals surface area contributed by atoms with Crippen LogP contribution in [0.4, 0.5) is 5.69 Å². The maximum absolute atomic E-state index is 11.4. The highest BCUT2D eigenvalue weighted by Crippen LogP contribution is 2.23. The summed E-state index contributed by atoms with van der Waals surface area (Å²) in [5.41, 5.74) is 0.867. The third-order valence-corrected chi connectivity index (χ3v) is 2.84. The standard InChI is InChI=1S/C15H13NO4/c17-14(18)11-8-4-5-9-12(11)16-13(15(19)20)10-6-2-1-3-7-10/h1-9,13,16H,(H,17,18)(H,19,20)/t13-/m0/s1. The maximum atomic E-state index is 11.4. The Kier molecular flexibility index (Phi) is 4.00. The van der Waals surface area contributed by atoms with Gasteiger partial charge in [-0.2, -0.15) is 0 Å². The second-order valence-corrected chi connectivity index (χ2v) is 4.18. The molecule has 0 aliphatic heterocycles. The van der Waals surface area contributed by atoms with Crippen LogP contribution in [0, 0.1) is 0 Å². The topological polar surface area (TPSA) is 86.6 Å². The molecule has 5 nitrogen and oxygen atoms in total. The Balaban J connectivity index is 2.35. The molecule has 0 spiro atoms. The van der Waals surface area contributed by atoms with Crippen LogP contribution in [-0.2, 0) is 4.79 Å². The summed E-state index contributed by atoms with van der Waals surface area (Å²) in [6.45, 7) is 0. The molecule has 0 unspecified atom stereocenters. The van der Waals surface area contributed by atoms with Crippen LogP contribution in [-0.4, -0.2) is 22.2 Å². The first kappa shape index (κ1) is 13.6. The smallest absolute Gasteiger partial charge is 0.337 e. The summed E-state index contributed by atoms with van der Waals surface area (Å²) in [4.78, 5) is 22.5. The largest absolute Gasteiger partial charge is 0.479 e. The van der Waals surface area contributed by atoms with Crippen LogP contribution in [0.25, 0.3) is 0 Å². The minimum Gasteiger partial charge on any atom is -0.479 e. The predicted octanol–water partition coefficient (Wildman–Crippen LogP) is 2.62. The van der Waals surface area contributed by atoms with Crippen molar-refractivity contribution in [2.75, 3.05) is 5.32 Å². The molecule has 1 atom stereocenters. The molecule has 20 heavy (non-hydrogen) atoms.